The van der Waals surface area contributed by atoms with Gasteiger partial charge in [-0.3, -0.25) is 0 Å². The molecular formula is C30H42I2N4O2. The van der Waals surface area contributed by atoms with Crippen LogP contribution in [0.3, 0.4) is 0 Å². The summed E-state index contributed by atoms with van der Waals surface area (Å²) in [7, 11) is 6.78. The molecule has 5 rings (SSSR count). The Morgan fingerprint density at radius 1 is 1.03 bits per heavy atom. The molecule has 0 unspecified atom stereocenters. The Morgan fingerprint density at radius 3 is 2.45 bits per heavy atom. The van der Waals surface area contributed by atoms with Crippen LogP contribution in [0.5, 0.6) is 5.75 Å². The second kappa shape index (κ2) is 13.3. The van der Waals surface area contributed by atoms with Crippen molar-refractivity contribution in [2.75, 3.05) is 65.3 Å². The van der Waals surface area contributed by atoms with Crippen molar-refractivity contribution in [2.45, 2.75) is 26.7 Å². The number of aromatic nitrogens is 1. The quantitative estimate of drug-likeness (QED) is 0.139. The average molecular weight is 745 g/mol. The lowest BCUT2D eigenvalue weighted by molar-refractivity contribution is -0.896. The fourth-order valence-corrected chi connectivity index (χ4v) is 5.63. The minimum atomic E-state index is 0. The van der Waals surface area contributed by atoms with Gasteiger partial charge in [0.25, 0.3) is 5.52 Å². The molecule has 8 heteroatoms. The van der Waals surface area contributed by atoms with Crippen molar-refractivity contribution in [2.24, 2.45) is 13.0 Å². The van der Waals surface area contributed by atoms with Gasteiger partial charge in [-0.05, 0) is 37.4 Å². The van der Waals surface area contributed by atoms with Gasteiger partial charge < -0.3 is 71.8 Å². The summed E-state index contributed by atoms with van der Waals surface area (Å²) in [5, 5.41) is 6.01. The highest BCUT2D eigenvalue weighted by molar-refractivity contribution is 6.11. The number of benzene rings is 2. The number of likely N-dealkylation sites (N-methyl/N-ethyl adjacent to an activating group) is 1. The van der Waals surface area contributed by atoms with Gasteiger partial charge in [0.05, 0.1) is 50.3 Å². The zero-order valence-corrected chi connectivity index (χ0v) is 27.7. The largest absolute Gasteiger partial charge is 1.00 e. The zero-order valence-electron chi connectivity index (χ0n) is 23.4. The van der Waals surface area contributed by atoms with Gasteiger partial charge in [0.2, 0.25) is 11.1 Å². The van der Waals surface area contributed by atoms with Gasteiger partial charge in [-0.2, -0.15) is 4.57 Å². The van der Waals surface area contributed by atoms with Crippen LogP contribution >= 0.6 is 0 Å². The van der Waals surface area contributed by atoms with Crippen LogP contribution in [0.25, 0.3) is 33.0 Å². The number of hydrogen-bond acceptors (Lipinski definition) is 4. The number of para-hydroxylation sites is 1. The molecule has 4 aromatic rings. The van der Waals surface area contributed by atoms with Crippen molar-refractivity contribution in [3.8, 4) is 5.75 Å². The molecule has 0 saturated carbocycles. The first-order valence-electron chi connectivity index (χ1n) is 13.6. The molecule has 3 heterocycles. The molecule has 0 spiro atoms. The molecule has 2 aromatic heterocycles. The molecule has 0 aliphatic carbocycles. The van der Waals surface area contributed by atoms with Gasteiger partial charge >= 0.3 is 0 Å². The summed E-state index contributed by atoms with van der Waals surface area (Å²) in [6.07, 6.45) is 2.46. The molecule has 1 N–H and O–H groups in total. The van der Waals surface area contributed by atoms with Crippen LogP contribution in [0.1, 0.15) is 26.7 Å². The summed E-state index contributed by atoms with van der Waals surface area (Å²) in [5.74, 6) is 1.56. The monoisotopic (exact) mass is 744 g/mol. The third kappa shape index (κ3) is 6.50. The SMILES string of the molecule is CCN(CC)CCNc1c2ccccc2[n+](C)c2c1oc1ccc(OCC3CC[N+](C)(C)CC3)cc12.[I-].[I-]. The Labute approximate surface area is 261 Å². The first-order chi connectivity index (χ1) is 17.4. The molecule has 208 valence electrons. The summed E-state index contributed by atoms with van der Waals surface area (Å²) in [4.78, 5) is 2.43. The molecule has 0 bridgehead atoms. The van der Waals surface area contributed by atoms with Gasteiger partial charge in [-0.1, -0.05) is 26.0 Å². The maximum absolute atomic E-state index is 6.50. The predicted octanol–water partition coefficient (Wildman–Crippen LogP) is -0.809. The van der Waals surface area contributed by atoms with Crippen LogP contribution in [0, 0.1) is 5.92 Å². The van der Waals surface area contributed by atoms with Gasteiger partial charge in [0.1, 0.15) is 18.4 Å². The van der Waals surface area contributed by atoms with E-state index in [1.54, 1.807) is 0 Å². The van der Waals surface area contributed by atoms with E-state index in [9.17, 15) is 0 Å². The number of quaternary nitrogens is 1. The maximum atomic E-state index is 6.50. The lowest BCUT2D eigenvalue weighted by Crippen LogP contribution is -3.00. The van der Waals surface area contributed by atoms with Crippen LogP contribution in [0.4, 0.5) is 5.69 Å². The summed E-state index contributed by atoms with van der Waals surface area (Å²) in [6.45, 7) is 11.7. The molecule has 0 amide bonds. The smallest absolute Gasteiger partial charge is 0.261 e. The summed E-state index contributed by atoms with van der Waals surface area (Å²) in [6, 6.07) is 14.9. The average Bonchev–Trinajstić information content (AvgIpc) is 3.27. The molecule has 38 heavy (non-hydrogen) atoms. The van der Waals surface area contributed by atoms with E-state index in [-0.39, 0.29) is 48.0 Å². The molecule has 1 saturated heterocycles. The maximum Gasteiger partial charge on any atom is 0.261 e. The lowest BCUT2D eigenvalue weighted by atomic mass is 9.97. The number of piperidine rings is 1. The number of rotatable bonds is 9. The number of pyridine rings is 1. The minimum absolute atomic E-state index is 0. The van der Waals surface area contributed by atoms with Gasteiger partial charge in [-0.25, -0.2) is 0 Å². The Bertz CT molecular complexity index is 1360. The number of ether oxygens (including phenoxy) is 1. The van der Waals surface area contributed by atoms with Crippen molar-refractivity contribution in [1.29, 1.82) is 0 Å². The van der Waals surface area contributed by atoms with E-state index in [0.717, 1.165) is 70.8 Å². The Kier molecular flexibility index (Phi) is 10.9. The number of fused-ring (bicyclic) bond motifs is 4. The molecule has 2 aromatic carbocycles. The van der Waals surface area contributed by atoms with E-state index in [1.165, 1.54) is 36.8 Å². The molecule has 6 nitrogen and oxygen atoms in total. The molecular weight excluding hydrogens is 702 g/mol. The number of halogens is 2. The molecule has 1 aliphatic rings. The molecule has 0 atom stereocenters. The lowest BCUT2D eigenvalue weighted by Gasteiger charge is -2.37. The fraction of sp³-hybridized carbons (Fsp3) is 0.500. The van der Waals surface area contributed by atoms with Crippen LogP contribution in [0.15, 0.2) is 46.9 Å². The van der Waals surface area contributed by atoms with E-state index >= 15 is 0 Å². The van der Waals surface area contributed by atoms with Crippen molar-refractivity contribution in [1.82, 2.24) is 4.90 Å². The van der Waals surface area contributed by atoms with Gasteiger partial charge in [-0.15, -0.1) is 0 Å². The topological polar surface area (TPSA) is 41.5 Å². The highest BCUT2D eigenvalue weighted by atomic mass is 127. The first kappa shape index (κ1) is 31.2. The number of nitrogens with one attached hydrogen (secondary N) is 1. The fourth-order valence-electron chi connectivity index (χ4n) is 5.63. The zero-order chi connectivity index (χ0) is 25.3. The van der Waals surface area contributed by atoms with Crippen molar-refractivity contribution in [3.63, 3.8) is 0 Å². The third-order valence-electron chi connectivity index (χ3n) is 8.13. The highest BCUT2D eigenvalue weighted by Crippen LogP contribution is 2.37. The van der Waals surface area contributed by atoms with Crippen molar-refractivity contribution < 1.29 is 66.2 Å². The Balaban J connectivity index is 0.00000200. The number of anilines is 1. The summed E-state index contributed by atoms with van der Waals surface area (Å²) in [5.41, 5.74) is 5.18. The standard InChI is InChI=1S/C30H41N4O2.2HI/c1-6-33(7-2)17-16-31-28-24-10-8-9-11-26(24)32(3)29-25-20-23(12-13-27(25)36-30(28)29)35-21-22-14-18-34(4,5)19-15-22;;/h8-13,20,22H,6-7,14-19,21H2,1-5H3;2*1H/q+1;;/p-1. The van der Waals surface area contributed by atoms with Crippen LogP contribution < -0.4 is 62.6 Å². The Hall–Kier alpha value is -1.37. The van der Waals surface area contributed by atoms with E-state index in [4.69, 9.17) is 9.15 Å². The number of likely N-dealkylation sites (tertiary alicyclic amines) is 1. The van der Waals surface area contributed by atoms with Gasteiger partial charge in [0, 0.05) is 37.9 Å². The number of furan rings is 1. The number of nitrogens with zero attached hydrogens (tertiary/aromatic N) is 3. The van der Waals surface area contributed by atoms with Crippen LogP contribution in [-0.4, -0.2) is 69.4 Å². The molecule has 1 fully saturated rings. The second-order valence-electron chi connectivity index (χ2n) is 11.0. The summed E-state index contributed by atoms with van der Waals surface area (Å²) < 4.78 is 16.2. The van der Waals surface area contributed by atoms with Crippen molar-refractivity contribution >= 4 is 38.7 Å². The van der Waals surface area contributed by atoms with E-state index in [0.29, 0.717) is 5.92 Å². The second-order valence-corrected chi connectivity index (χ2v) is 11.0. The van der Waals surface area contributed by atoms with Gasteiger partial charge in [0.15, 0.2) is 0 Å². The van der Waals surface area contributed by atoms with E-state index in [1.807, 2.05) is 0 Å². The Morgan fingerprint density at radius 2 is 1.74 bits per heavy atom. The molecule has 1 aliphatic heterocycles. The molecule has 0 radical (unpaired) electrons. The summed E-state index contributed by atoms with van der Waals surface area (Å²) >= 11 is 0. The van der Waals surface area contributed by atoms with E-state index < -0.39 is 0 Å². The first-order valence-corrected chi connectivity index (χ1v) is 13.6. The minimum Gasteiger partial charge on any atom is -1.00 e. The third-order valence-corrected chi connectivity index (χ3v) is 8.13. The van der Waals surface area contributed by atoms with E-state index in [2.05, 4.69) is 92.2 Å². The van der Waals surface area contributed by atoms with Crippen LogP contribution in [-0.2, 0) is 7.05 Å². The van der Waals surface area contributed by atoms with Crippen molar-refractivity contribution in [3.05, 3.63) is 42.5 Å². The van der Waals surface area contributed by atoms with Crippen LogP contribution in [0.2, 0.25) is 0 Å². The predicted molar refractivity (Wildman–Crippen MR) is 149 cm³/mol. The number of hydrogen-bond donors (Lipinski definition) is 1. The normalized spacial score (nSPS) is 15.5. The highest BCUT2D eigenvalue weighted by Gasteiger charge is 2.27. The number of aryl methyl sites for hydroxylation is 1.